The largest absolute Gasteiger partial charge is 0.378 e. The predicted molar refractivity (Wildman–Crippen MR) is 78.6 cm³/mol. The molecule has 0 aromatic heterocycles. The van der Waals surface area contributed by atoms with Crippen LogP contribution in [0, 0.1) is 0 Å². The number of hydrogen-bond acceptors (Lipinski definition) is 2. The van der Waals surface area contributed by atoms with Gasteiger partial charge in [-0.3, -0.25) is 4.99 Å². The third-order valence-electron chi connectivity index (χ3n) is 2.43. The van der Waals surface area contributed by atoms with Gasteiger partial charge in [-0.05, 0) is 33.1 Å². The molecule has 96 valence electrons. The van der Waals surface area contributed by atoms with Crippen LogP contribution in [0.1, 0.15) is 33.1 Å². The quantitative estimate of drug-likeness (QED) is 0.465. The first-order valence-electron chi connectivity index (χ1n) is 5.81. The van der Waals surface area contributed by atoms with Gasteiger partial charge in [-0.2, -0.15) is 0 Å². The van der Waals surface area contributed by atoms with Gasteiger partial charge in [0.25, 0.3) is 0 Å². The highest BCUT2D eigenvalue weighted by Crippen LogP contribution is 2.14. The third-order valence-corrected chi connectivity index (χ3v) is 2.43. The lowest BCUT2D eigenvalue weighted by Gasteiger charge is -2.15. The van der Waals surface area contributed by atoms with E-state index in [1.54, 1.807) is 7.05 Å². The Hall–Kier alpha value is -0.0400. The number of aliphatic imine (C=N–C) groups is 1. The topological polar surface area (TPSA) is 45.7 Å². The van der Waals surface area contributed by atoms with Gasteiger partial charge in [-0.15, -0.1) is 24.0 Å². The highest BCUT2D eigenvalue weighted by Gasteiger charge is 2.14. The van der Waals surface area contributed by atoms with Gasteiger partial charge >= 0.3 is 0 Å². The van der Waals surface area contributed by atoms with Crippen molar-refractivity contribution in [3.05, 3.63) is 0 Å². The van der Waals surface area contributed by atoms with E-state index in [9.17, 15) is 0 Å². The second kappa shape index (κ2) is 9.04. The first kappa shape index (κ1) is 16.0. The number of guanidine groups is 1. The first-order valence-corrected chi connectivity index (χ1v) is 5.81. The summed E-state index contributed by atoms with van der Waals surface area (Å²) in [6.45, 7) is 6.07. The summed E-state index contributed by atoms with van der Waals surface area (Å²) in [5.74, 6) is 0.878. The first-order chi connectivity index (χ1) is 7.22. The van der Waals surface area contributed by atoms with E-state index in [0.29, 0.717) is 12.1 Å². The average Bonchev–Trinajstić information content (AvgIpc) is 2.68. The Balaban J connectivity index is 0.00000225. The second-order valence-corrected chi connectivity index (χ2v) is 4.22. The van der Waals surface area contributed by atoms with E-state index in [-0.39, 0.29) is 24.0 Å². The molecule has 1 aliphatic heterocycles. The zero-order chi connectivity index (χ0) is 11.1. The minimum atomic E-state index is 0. The van der Waals surface area contributed by atoms with Gasteiger partial charge < -0.3 is 15.4 Å². The molecule has 1 atom stereocenters. The van der Waals surface area contributed by atoms with Crippen molar-refractivity contribution < 1.29 is 4.74 Å². The van der Waals surface area contributed by atoms with Crippen LogP contribution in [-0.4, -0.2) is 38.3 Å². The molecule has 1 saturated heterocycles. The van der Waals surface area contributed by atoms with Crippen molar-refractivity contribution in [3.8, 4) is 0 Å². The molecule has 0 aromatic rings. The smallest absolute Gasteiger partial charge is 0.191 e. The minimum absolute atomic E-state index is 0. The number of ether oxygens (including phenoxy) is 1. The summed E-state index contributed by atoms with van der Waals surface area (Å²) < 4.78 is 5.55. The van der Waals surface area contributed by atoms with Gasteiger partial charge in [0.1, 0.15) is 0 Å². The number of hydrogen-bond donors (Lipinski definition) is 2. The normalized spacial score (nSPS) is 20.8. The Morgan fingerprint density at radius 1 is 1.50 bits per heavy atom. The Morgan fingerprint density at radius 2 is 2.25 bits per heavy atom. The Labute approximate surface area is 116 Å². The van der Waals surface area contributed by atoms with Crippen LogP contribution in [0.3, 0.4) is 0 Å². The molecule has 1 rings (SSSR count). The molecule has 0 spiro atoms. The molecule has 5 heteroatoms. The summed E-state index contributed by atoms with van der Waals surface area (Å²) in [5.41, 5.74) is 0. The maximum absolute atomic E-state index is 5.55. The predicted octanol–water partition coefficient (Wildman–Crippen LogP) is 1.75. The van der Waals surface area contributed by atoms with Gasteiger partial charge in [0, 0.05) is 26.2 Å². The molecule has 1 fully saturated rings. The van der Waals surface area contributed by atoms with E-state index in [1.807, 2.05) is 0 Å². The van der Waals surface area contributed by atoms with E-state index >= 15 is 0 Å². The summed E-state index contributed by atoms with van der Waals surface area (Å²) in [6, 6.07) is 0.416. The van der Waals surface area contributed by atoms with Crippen molar-refractivity contribution in [1.82, 2.24) is 10.6 Å². The highest BCUT2D eigenvalue weighted by atomic mass is 127. The second-order valence-electron chi connectivity index (χ2n) is 4.22. The molecule has 1 heterocycles. The monoisotopic (exact) mass is 341 g/mol. The van der Waals surface area contributed by atoms with E-state index in [0.717, 1.165) is 25.5 Å². The van der Waals surface area contributed by atoms with Gasteiger partial charge in [0.05, 0.1) is 6.10 Å². The van der Waals surface area contributed by atoms with Crippen LogP contribution < -0.4 is 10.6 Å². The van der Waals surface area contributed by atoms with Crippen LogP contribution in [0.4, 0.5) is 0 Å². The third kappa shape index (κ3) is 6.52. The van der Waals surface area contributed by atoms with Gasteiger partial charge in [0.15, 0.2) is 5.96 Å². The fraction of sp³-hybridized carbons (Fsp3) is 0.909. The molecule has 0 saturated carbocycles. The summed E-state index contributed by atoms with van der Waals surface area (Å²) in [7, 11) is 1.80. The van der Waals surface area contributed by atoms with Crippen molar-refractivity contribution in [2.24, 2.45) is 4.99 Å². The molecule has 4 nitrogen and oxygen atoms in total. The Bertz CT molecular complexity index is 203. The SMILES string of the molecule is CN=C(NCCC1CCCO1)NC(C)C.I. The molecule has 0 radical (unpaired) electrons. The van der Waals surface area contributed by atoms with Crippen LogP contribution in [0.25, 0.3) is 0 Å². The molecule has 0 bridgehead atoms. The van der Waals surface area contributed by atoms with E-state index in [1.165, 1.54) is 12.8 Å². The lowest BCUT2D eigenvalue weighted by molar-refractivity contribution is 0.105. The maximum atomic E-state index is 5.55. The van der Waals surface area contributed by atoms with E-state index in [2.05, 4.69) is 29.5 Å². The van der Waals surface area contributed by atoms with E-state index < -0.39 is 0 Å². The summed E-state index contributed by atoms with van der Waals surface area (Å²) >= 11 is 0. The molecular weight excluding hydrogens is 317 g/mol. The number of rotatable bonds is 4. The standard InChI is InChI=1S/C11H23N3O.HI/c1-9(2)14-11(12-3)13-7-6-10-5-4-8-15-10;/h9-10H,4-8H2,1-3H3,(H2,12,13,14);1H. The molecule has 0 aliphatic carbocycles. The lowest BCUT2D eigenvalue weighted by atomic mass is 10.2. The molecule has 2 N–H and O–H groups in total. The summed E-state index contributed by atoms with van der Waals surface area (Å²) in [5, 5.41) is 6.54. The molecule has 0 amide bonds. The van der Waals surface area contributed by atoms with Gasteiger partial charge in [0.2, 0.25) is 0 Å². The van der Waals surface area contributed by atoms with Crippen LogP contribution >= 0.6 is 24.0 Å². The number of halogens is 1. The highest BCUT2D eigenvalue weighted by molar-refractivity contribution is 14.0. The van der Waals surface area contributed by atoms with Crippen molar-refractivity contribution in [1.29, 1.82) is 0 Å². The lowest BCUT2D eigenvalue weighted by Crippen LogP contribution is -2.41. The molecular formula is C11H24IN3O. The Kier molecular flexibility index (Phi) is 9.02. The van der Waals surface area contributed by atoms with Crippen LogP contribution in [0.2, 0.25) is 0 Å². The fourth-order valence-corrected chi connectivity index (χ4v) is 1.69. The zero-order valence-electron chi connectivity index (χ0n) is 10.5. The van der Waals surface area contributed by atoms with Crippen molar-refractivity contribution >= 4 is 29.9 Å². The summed E-state index contributed by atoms with van der Waals surface area (Å²) in [6.07, 6.45) is 3.94. The van der Waals surface area contributed by atoms with Crippen LogP contribution in [-0.2, 0) is 4.74 Å². The number of nitrogens with one attached hydrogen (secondary N) is 2. The van der Waals surface area contributed by atoms with Crippen LogP contribution in [0.5, 0.6) is 0 Å². The van der Waals surface area contributed by atoms with Crippen molar-refractivity contribution in [2.45, 2.75) is 45.3 Å². The molecule has 1 aliphatic rings. The number of nitrogens with zero attached hydrogens (tertiary/aromatic N) is 1. The van der Waals surface area contributed by atoms with Crippen molar-refractivity contribution in [3.63, 3.8) is 0 Å². The van der Waals surface area contributed by atoms with E-state index in [4.69, 9.17) is 4.74 Å². The van der Waals surface area contributed by atoms with Gasteiger partial charge in [-0.1, -0.05) is 0 Å². The minimum Gasteiger partial charge on any atom is -0.378 e. The molecule has 16 heavy (non-hydrogen) atoms. The van der Waals surface area contributed by atoms with Crippen molar-refractivity contribution in [2.75, 3.05) is 20.2 Å². The zero-order valence-corrected chi connectivity index (χ0v) is 12.8. The Morgan fingerprint density at radius 3 is 2.75 bits per heavy atom. The molecule has 1 unspecified atom stereocenters. The van der Waals surface area contributed by atoms with Crippen LogP contribution in [0.15, 0.2) is 4.99 Å². The fourth-order valence-electron chi connectivity index (χ4n) is 1.69. The average molecular weight is 341 g/mol. The molecule has 0 aromatic carbocycles. The van der Waals surface area contributed by atoms with Gasteiger partial charge in [-0.25, -0.2) is 0 Å². The summed E-state index contributed by atoms with van der Waals surface area (Å²) in [4.78, 5) is 4.15. The maximum Gasteiger partial charge on any atom is 0.191 e.